The molecule has 0 aliphatic heterocycles. The summed E-state index contributed by atoms with van der Waals surface area (Å²) in [6.45, 7) is 9.58. The van der Waals surface area contributed by atoms with E-state index in [-0.39, 0.29) is 5.78 Å². The second-order valence-corrected chi connectivity index (χ2v) is 3.14. The van der Waals surface area contributed by atoms with Crippen molar-refractivity contribution in [1.82, 2.24) is 0 Å². The van der Waals surface area contributed by atoms with E-state index in [9.17, 15) is 4.79 Å². The quantitative estimate of drug-likeness (QED) is 0.548. The van der Waals surface area contributed by atoms with Crippen molar-refractivity contribution < 1.29 is 4.79 Å². The maximum Gasteiger partial charge on any atom is 0.157 e. The summed E-state index contributed by atoms with van der Waals surface area (Å²) in [5, 5.41) is 0. The molecule has 58 valence electrons. The lowest BCUT2D eigenvalue weighted by molar-refractivity contribution is -0.115. The number of Topliss-reactive ketones (excluding diaryl/α,β-unsaturated/α-hetero) is 1. The Morgan fingerprint density at radius 2 is 2.00 bits per heavy atom. The highest BCUT2D eigenvalue weighted by molar-refractivity contribution is 5.93. The molecule has 0 aliphatic rings. The predicted molar refractivity (Wildman–Crippen MR) is 43.9 cm³/mol. The first kappa shape index (κ1) is 9.41. The van der Waals surface area contributed by atoms with Gasteiger partial charge in [-0.15, -0.1) is 0 Å². The molecule has 0 saturated carbocycles. The summed E-state index contributed by atoms with van der Waals surface area (Å²) >= 11 is 0. The second kappa shape index (κ2) is 4.26. The molecule has 10 heavy (non-hydrogen) atoms. The lowest BCUT2D eigenvalue weighted by Crippen LogP contribution is -2.00. The van der Waals surface area contributed by atoms with E-state index in [0.717, 1.165) is 6.42 Å². The largest absolute Gasteiger partial charge is 0.295 e. The zero-order valence-electron chi connectivity index (χ0n) is 7.11. The fourth-order valence-electron chi connectivity index (χ4n) is 0.633. The molecule has 0 bridgehead atoms. The van der Waals surface area contributed by atoms with Gasteiger partial charge < -0.3 is 0 Å². The third-order valence-electron chi connectivity index (χ3n) is 1.42. The third-order valence-corrected chi connectivity index (χ3v) is 1.42. The van der Waals surface area contributed by atoms with E-state index >= 15 is 0 Å². The minimum Gasteiger partial charge on any atom is -0.295 e. The van der Waals surface area contributed by atoms with Gasteiger partial charge in [0, 0.05) is 6.42 Å². The van der Waals surface area contributed by atoms with Crippen LogP contribution in [0.3, 0.4) is 0 Å². The maximum absolute atomic E-state index is 10.9. The van der Waals surface area contributed by atoms with Crippen molar-refractivity contribution >= 4 is 5.78 Å². The fourth-order valence-corrected chi connectivity index (χ4v) is 0.633. The minimum atomic E-state index is 0.203. The normalized spacial score (nSPS) is 10.0. The van der Waals surface area contributed by atoms with Crippen LogP contribution in [0.1, 0.15) is 33.6 Å². The van der Waals surface area contributed by atoms with Gasteiger partial charge in [0.25, 0.3) is 0 Å². The van der Waals surface area contributed by atoms with Gasteiger partial charge in [-0.2, -0.15) is 0 Å². The van der Waals surface area contributed by atoms with Gasteiger partial charge in [0.1, 0.15) is 0 Å². The highest BCUT2D eigenvalue weighted by Gasteiger charge is 2.02. The maximum atomic E-state index is 10.9. The van der Waals surface area contributed by atoms with Gasteiger partial charge >= 0.3 is 0 Å². The number of carbonyl (C=O) groups excluding carboxylic acids is 1. The Kier molecular flexibility index (Phi) is 4.01. The highest BCUT2D eigenvalue weighted by atomic mass is 16.1. The van der Waals surface area contributed by atoms with Gasteiger partial charge in [0.15, 0.2) is 5.78 Å². The molecule has 0 saturated heterocycles. The van der Waals surface area contributed by atoms with E-state index < -0.39 is 0 Å². The van der Waals surface area contributed by atoms with Crippen LogP contribution in [-0.4, -0.2) is 5.78 Å². The summed E-state index contributed by atoms with van der Waals surface area (Å²) in [7, 11) is 0. The van der Waals surface area contributed by atoms with Crippen LogP contribution < -0.4 is 0 Å². The lowest BCUT2D eigenvalue weighted by atomic mass is 10.0. The van der Waals surface area contributed by atoms with E-state index in [1.807, 2.05) is 0 Å². The van der Waals surface area contributed by atoms with Crippen LogP contribution in [-0.2, 0) is 4.79 Å². The number of rotatable bonds is 4. The van der Waals surface area contributed by atoms with E-state index in [0.29, 0.717) is 17.9 Å². The van der Waals surface area contributed by atoms with E-state index in [1.165, 1.54) is 0 Å². The van der Waals surface area contributed by atoms with Crippen LogP contribution >= 0.6 is 0 Å². The summed E-state index contributed by atoms with van der Waals surface area (Å²) < 4.78 is 0. The second-order valence-electron chi connectivity index (χ2n) is 3.14. The highest BCUT2D eigenvalue weighted by Crippen LogP contribution is 2.06. The summed E-state index contributed by atoms with van der Waals surface area (Å²) in [6, 6.07) is 0. The molecule has 1 heteroatoms. The Labute approximate surface area is 63.1 Å². The van der Waals surface area contributed by atoms with E-state index in [2.05, 4.69) is 20.4 Å². The predicted octanol–water partition coefficient (Wildman–Crippen LogP) is 2.57. The summed E-state index contributed by atoms with van der Waals surface area (Å²) in [4.78, 5) is 10.9. The fraction of sp³-hybridized carbons (Fsp3) is 0.667. The SMILES string of the molecule is C=C(C)C(=O)CCC(C)C. The number of hydrogen-bond donors (Lipinski definition) is 0. The molecule has 0 rings (SSSR count). The molecule has 0 fully saturated rings. The Hall–Kier alpha value is -0.590. The molecular formula is C9H16O. The molecule has 0 aromatic heterocycles. The van der Waals surface area contributed by atoms with Gasteiger partial charge in [-0.25, -0.2) is 0 Å². The van der Waals surface area contributed by atoms with Crippen LogP contribution in [0.5, 0.6) is 0 Å². The van der Waals surface area contributed by atoms with E-state index in [4.69, 9.17) is 0 Å². The molecule has 0 aromatic rings. The van der Waals surface area contributed by atoms with E-state index in [1.54, 1.807) is 6.92 Å². The Bertz CT molecular complexity index is 134. The van der Waals surface area contributed by atoms with Crippen molar-refractivity contribution in [3.8, 4) is 0 Å². The zero-order valence-corrected chi connectivity index (χ0v) is 7.11. The van der Waals surface area contributed by atoms with Crippen molar-refractivity contribution in [3.05, 3.63) is 12.2 Å². The standard InChI is InChI=1S/C9H16O/c1-7(2)5-6-9(10)8(3)4/h7H,3,5-6H2,1-2,4H3. The van der Waals surface area contributed by atoms with Gasteiger partial charge in [-0.05, 0) is 24.8 Å². The van der Waals surface area contributed by atoms with Crippen LogP contribution in [0.15, 0.2) is 12.2 Å². The number of carbonyl (C=O) groups is 1. The number of ketones is 1. The van der Waals surface area contributed by atoms with Crippen LogP contribution in [0.25, 0.3) is 0 Å². The molecule has 0 amide bonds. The van der Waals surface area contributed by atoms with Gasteiger partial charge in [-0.1, -0.05) is 20.4 Å². The van der Waals surface area contributed by atoms with Gasteiger partial charge in [0.2, 0.25) is 0 Å². The van der Waals surface area contributed by atoms with Crippen LogP contribution in [0.2, 0.25) is 0 Å². The smallest absolute Gasteiger partial charge is 0.157 e. The lowest BCUT2D eigenvalue weighted by Gasteiger charge is -2.01. The van der Waals surface area contributed by atoms with Crippen molar-refractivity contribution in [3.63, 3.8) is 0 Å². The molecule has 0 aliphatic carbocycles. The zero-order chi connectivity index (χ0) is 8.15. The molecule has 0 atom stereocenters. The number of allylic oxidation sites excluding steroid dienone is 1. The van der Waals surface area contributed by atoms with Gasteiger partial charge in [-0.3, -0.25) is 4.79 Å². The average Bonchev–Trinajstić information content (AvgIpc) is 1.82. The Balaban J connectivity index is 3.50. The molecular weight excluding hydrogens is 124 g/mol. The molecule has 1 nitrogen and oxygen atoms in total. The summed E-state index contributed by atoms with van der Waals surface area (Å²) in [5.41, 5.74) is 0.681. The van der Waals surface area contributed by atoms with Crippen molar-refractivity contribution in [1.29, 1.82) is 0 Å². The first-order valence-electron chi connectivity index (χ1n) is 3.72. The third kappa shape index (κ3) is 4.30. The van der Waals surface area contributed by atoms with Gasteiger partial charge in [0.05, 0.1) is 0 Å². The van der Waals surface area contributed by atoms with Crippen LogP contribution in [0, 0.1) is 5.92 Å². The first-order chi connectivity index (χ1) is 4.54. The van der Waals surface area contributed by atoms with Crippen LogP contribution in [0.4, 0.5) is 0 Å². The first-order valence-corrected chi connectivity index (χ1v) is 3.72. The molecule has 0 aromatic carbocycles. The average molecular weight is 140 g/mol. The van der Waals surface area contributed by atoms with Crippen molar-refractivity contribution in [2.45, 2.75) is 33.6 Å². The Morgan fingerprint density at radius 1 is 1.50 bits per heavy atom. The molecule has 0 spiro atoms. The minimum absolute atomic E-state index is 0.203. The summed E-state index contributed by atoms with van der Waals surface area (Å²) in [5.74, 6) is 0.817. The topological polar surface area (TPSA) is 17.1 Å². The molecule has 0 unspecified atom stereocenters. The molecule has 0 radical (unpaired) electrons. The number of hydrogen-bond acceptors (Lipinski definition) is 1. The molecule has 0 heterocycles. The van der Waals surface area contributed by atoms with Crippen molar-refractivity contribution in [2.75, 3.05) is 0 Å². The monoisotopic (exact) mass is 140 g/mol. The summed E-state index contributed by atoms with van der Waals surface area (Å²) in [6.07, 6.45) is 1.64. The molecule has 0 N–H and O–H groups in total. The van der Waals surface area contributed by atoms with Crippen molar-refractivity contribution in [2.24, 2.45) is 5.92 Å². The Morgan fingerprint density at radius 3 is 2.30 bits per heavy atom.